The highest BCUT2D eigenvalue weighted by Crippen LogP contribution is 2.35. The third-order valence-corrected chi connectivity index (χ3v) is 3.85. The molecule has 2 N–H and O–H groups in total. The number of nitrogens with zero attached hydrogens (tertiary/aromatic N) is 2. The average molecular weight is 402 g/mol. The molecule has 2 rings (SSSR count). The van der Waals surface area contributed by atoms with E-state index in [1.165, 1.54) is 12.1 Å². The number of hydrogen-bond donors (Lipinski definition) is 2. The SMILES string of the molecule is Cc1ccc(NC(=O)C(C#N)=Cc2cc(Br)c(O)c([N+](=O)[O-])c2)cc1. The lowest BCUT2D eigenvalue weighted by Gasteiger charge is -2.05. The molecule has 2 aromatic rings. The fourth-order valence-corrected chi connectivity index (χ4v) is 2.45. The summed E-state index contributed by atoms with van der Waals surface area (Å²) in [5, 5.41) is 32.4. The third kappa shape index (κ3) is 4.43. The number of benzene rings is 2. The number of nitro benzene ring substituents is 1. The summed E-state index contributed by atoms with van der Waals surface area (Å²) in [5.41, 5.74) is 1.02. The minimum absolute atomic E-state index is 0.0872. The summed E-state index contributed by atoms with van der Waals surface area (Å²) in [6, 6.07) is 11.2. The highest BCUT2D eigenvalue weighted by atomic mass is 79.9. The molecule has 0 unspecified atom stereocenters. The molecule has 0 spiro atoms. The van der Waals surface area contributed by atoms with Gasteiger partial charge in [-0.05, 0) is 52.7 Å². The van der Waals surface area contributed by atoms with Gasteiger partial charge in [-0.2, -0.15) is 5.26 Å². The number of hydrogen-bond acceptors (Lipinski definition) is 5. The Labute approximate surface area is 151 Å². The molecule has 25 heavy (non-hydrogen) atoms. The van der Waals surface area contributed by atoms with Gasteiger partial charge in [0.2, 0.25) is 5.75 Å². The van der Waals surface area contributed by atoms with Crippen molar-refractivity contribution in [2.45, 2.75) is 6.92 Å². The predicted molar refractivity (Wildman–Crippen MR) is 95.9 cm³/mol. The van der Waals surface area contributed by atoms with E-state index < -0.39 is 22.3 Å². The van der Waals surface area contributed by atoms with Crippen LogP contribution in [0.4, 0.5) is 11.4 Å². The lowest BCUT2D eigenvalue weighted by Crippen LogP contribution is -2.13. The largest absolute Gasteiger partial charge is 0.501 e. The number of carbonyl (C=O) groups is 1. The van der Waals surface area contributed by atoms with Crippen LogP contribution in [0.5, 0.6) is 5.75 Å². The molecule has 0 fully saturated rings. The van der Waals surface area contributed by atoms with Gasteiger partial charge in [0.1, 0.15) is 11.6 Å². The summed E-state index contributed by atoms with van der Waals surface area (Å²) >= 11 is 3.01. The summed E-state index contributed by atoms with van der Waals surface area (Å²) in [4.78, 5) is 22.4. The van der Waals surface area contributed by atoms with Crippen LogP contribution in [0.15, 0.2) is 46.4 Å². The zero-order valence-electron chi connectivity index (χ0n) is 13.0. The van der Waals surface area contributed by atoms with Gasteiger partial charge in [-0.15, -0.1) is 0 Å². The van der Waals surface area contributed by atoms with Crippen LogP contribution < -0.4 is 5.32 Å². The molecule has 0 saturated carbocycles. The van der Waals surface area contributed by atoms with Crippen molar-refractivity contribution in [1.29, 1.82) is 5.26 Å². The van der Waals surface area contributed by atoms with Gasteiger partial charge in [0, 0.05) is 11.8 Å². The van der Waals surface area contributed by atoms with Crippen molar-refractivity contribution in [3.05, 3.63) is 67.7 Å². The van der Waals surface area contributed by atoms with Crippen LogP contribution in [0.1, 0.15) is 11.1 Å². The number of phenolic OH excluding ortho intramolecular Hbond substituents is 1. The Hall–Kier alpha value is -3.18. The van der Waals surface area contributed by atoms with E-state index in [9.17, 15) is 25.3 Å². The van der Waals surface area contributed by atoms with E-state index >= 15 is 0 Å². The fourth-order valence-electron chi connectivity index (χ4n) is 1.98. The van der Waals surface area contributed by atoms with Crippen LogP contribution in [0.3, 0.4) is 0 Å². The zero-order valence-corrected chi connectivity index (χ0v) is 14.6. The maximum absolute atomic E-state index is 12.2. The van der Waals surface area contributed by atoms with Crippen molar-refractivity contribution in [2.75, 3.05) is 5.32 Å². The molecule has 0 aliphatic carbocycles. The topological polar surface area (TPSA) is 116 Å². The Morgan fingerprint density at radius 3 is 2.56 bits per heavy atom. The Balaban J connectivity index is 2.34. The van der Waals surface area contributed by atoms with Gasteiger partial charge < -0.3 is 10.4 Å². The predicted octanol–water partition coefficient (Wildman–Crippen LogP) is 3.92. The van der Waals surface area contributed by atoms with E-state index in [0.29, 0.717) is 5.69 Å². The van der Waals surface area contributed by atoms with E-state index in [4.69, 9.17) is 0 Å². The zero-order chi connectivity index (χ0) is 18.6. The van der Waals surface area contributed by atoms with Crippen molar-refractivity contribution in [3.63, 3.8) is 0 Å². The van der Waals surface area contributed by atoms with E-state index in [-0.39, 0.29) is 15.6 Å². The van der Waals surface area contributed by atoms with Crippen molar-refractivity contribution >= 4 is 39.3 Å². The number of nitrogens with one attached hydrogen (secondary N) is 1. The van der Waals surface area contributed by atoms with Gasteiger partial charge in [0.15, 0.2) is 0 Å². The minimum Gasteiger partial charge on any atom is -0.501 e. The highest BCUT2D eigenvalue weighted by molar-refractivity contribution is 9.10. The van der Waals surface area contributed by atoms with Crippen molar-refractivity contribution in [1.82, 2.24) is 0 Å². The highest BCUT2D eigenvalue weighted by Gasteiger charge is 2.18. The molecule has 126 valence electrons. The van der Waals surface area contributed by atoms with Gasteiger partial charge in [0.05, 0.1) is 9.40 Å². The molecule has 0 saturated heterocycles. The molecule has 0 bridgehead atoms. The number of aryl methyl sites for hydroxylation is 1. The van der Waals surface area contributed by atoms with E-state index in [0.717, 1.165) is 11.6 Å². The number of nitriles is 1. The normalized spacial score (nSPS) is 10.8. The fraction of sp³-hybridized carbons (Fsp3) is 0.0588. The molecule has 0 heterocycles. The first kappa shape index (κ1) is 18.2. The smallest absolute Gasteiger partial charge is 0.312 e. The molecule has 0 aliphatic heterocycles. The van der Waals surface area contributed by atoms with Gasteiger partial charge in [-0.3, -0.25) is 14.9 Å². The molecular formula is C17H12BrN3O4. The third-order valence-electron chi connectivity index (χ3n) is 3.25. The lowest BCUT2D eigenvalue weighted by molar-refractivity contribution is -0.386. The van der Waals surface area contributed by atoms with E-state index in [1.54, 1.807) is 18.2 Å². The standard InChI is InChI=1S/C17H12BrN3O4/c1-10-2-4-13(5-3-10)20-17(23)12(9-19)6-11-7-14(18)16(22)15(8-11)21(24)25/h2-8,22H,1H3,(H,20,23). The monoisotopic (exact) mass is 401 g/mol. The Morgan fingerprint density at radius 1 is 1.36 bits per heavy atom. The molecular weight excluding hydrogens is 390 g/mol. The number of rotatable bonds is 4. The van der Waals surface area contributed by atoms with Crippen LogP contribution >= 0.6 is 15.9 Å². The number of carbonyl (C=O) groups excluding carboxylic acids is 1. The van der Waals surface area contributed by atoms with Crippen LogP contribution in [0.25, 0.3) is 6.08 Å². The van der Waals surface area contributed by atoms with Gasteiger partial charge >= 0.3 is 5.69 Å². The maximum atomic E-state index is 12.2. The molecule has 8 heteroatoms. The van der Waals surface area contributed by atoms with Crippen molar-refractivity contribution in [3.8, 4) is 11.8 Å². The van der Waals surface area contributed by atoms with E-state index in [1.807, 2.05) is 19.1 Å². The second-order valence-electron chi connectivity index (χ2n) is 5.12. The molecule has 0 aliphatic rings. The molecule has 1 amide bonds. The van der Waals surface area contributed by atoms with Crippen LogP contribution in [0, 0.1) is 28.4 Å². The second kappa shape index (κ2) is 7.59. The second-order valence-corrected chi connectivity index (χ2v) is 5.97. The molecule has 0 atom stereocenters. The van der Waals surface area contributed by atoms with E-state index in [2.05, 4.69) is 21.2 Å². The van der Waals surface area contributed by atoms with Crippen LogP contribution in [-0.4, -0.2) is 15.9 Å². The summed E-state index contributed by atoms with van der Waals surface area (Å²) < 4.78 is 0.0872. The number of amides is 1. The van der Waals surface area contributed by atoms with Gasteiger partial charge in [-0.25, -0.2) is 0 Å². The quantitative estimate of drug-likeness (QED) is 0.348. The first-order valence-corrected chi connectivity index (χ1v) is 7.78. The molecule has 0 radical (unpaired) electrons. The van der Waals surface area contributed by atoms with Gasteiger partial charge in [-0.1, -0.05) is 17.7 Å². The average Bonchev–Trinajstić information content (AvgIpc) is 2.57. The minimum atomic E-state index is -0.754. The summed E-state index contributed by atoms with van der Waals surface area (Å²) in [6.45, 7) is 1.90. The number of aromatic hydroxyl groups is 1. The number of nitro groups is 1. The number of halogens is 1. The lowest BCUT2D eigenvalue weighted by atomic mass is 10.1. The Bertz CT molecular complexity index is 915. The first-order chi connectivity index (χ1) is 11.8. The summed E-state index contributed by atoms with van der Waals surface area (Å²) in [5.74, 6) is -1.16. The Morgan fingerprint density at radius 2 is 2.00 bits per heavy atom. The van der Waals surface area contributed by atoms with Crippen LogP contribution in [0.2, 0.25) is 0 Å². The van der Waals surface area contributed by atoms with Crippen LogP contribution in [-0.2, 0) is 4.79 Å². The molecule has 2 aromatic carbocycles. The maximum Gasteiger partial charge on any atom is 0.312 e. The first-order valence-electron chi connectivity index (χ1n) is 6.98. The molecule has 0 aromatic heterocycles. The number of anilines is 1. The van der Waals surface area contributed by atoms with Crippen molar-refractivity contribution < 1.29 is 14.8 Å². The van der Waals surface area contributed by atoms with Gasteiger partial charge in [0.25, 0.3) is 5.91 Å². The molecule has 7 nitrogen and oxygen atoms in total. The Kier molecular flexibility index (Phi) is 5.52. The summed E-state index contributed by atoms with van der Waals surface area (Å²) in [7, 11) is 0. The summed E-state index contributed by atoms with van der Waals surface area (Å²) in [6.07, 6.45) is 1.21. The number of phenols is 1. The van der Waals surface area contributed by atoms with Crippen molar-refractivity contribution in [2.24, 2.45) is 0 Å².